The summed E-state index contributed by atoms with van der Waals surface area (Å²) in [6.07, 6.45) is 3.14. The van der Waals surface area contributed by atoms with E-state index in [2.05, 4.69) is 309 Å². The van der Waals surface area contributed by atoms with Crippen LogP contribution in [0.25, 0.3) is 92.2 Å². The van der Waals surface area contributed by atoms with Crippen LogP contribution in [0.15, 0.2) is 267 Å². The van der Waals surface area contributed by atoms with Crippen LogP contribution in [0.1, 0.15) is 51.7 Å². The number of aromatic nitrogens is 1. The first-order valence-electron chi connectivity index (χ1n) is 30.2. The summed E-state index contributed by atoms with van der Waals surface area (Å²) in [5, 5.41) is 5.12. The molecule has 0 saturated heterocycles. The van der Waals surface area contributed by atoms with Gasteiger partial charge in [-0.05, 0) is 152 Å². The van der Waals surface area contributed by atoms with Crippen LogP contribution >= 0.6 is 11.3 Å². The molecule has 0 spiro atoms. The number of rotatable bonds is 10. The topological polar surface area (TPSA) is 11.4 Å². The Bertz CT molecular complexity index is 4810. The van der Waals surface area contributed by atoms with Crippen molar-refractivity contribution in [3.63, 3.8) is 0 Å². The van der Waals surface area contributed by atoms with Crippen molar-refractivity contribution in [2.24, 2.45) is 0 Å². The molecule has 16 rings (SSSR count). The maximum absolute atomic E-state index is 2.73. The van der Waals surface area contributed by atoms with Gasteiger partial charge < -0.3 is 14.4 Å². The Hall–Kier alpha value is -9.68. The number of anilines is 6. The molecule has 5 heteroatoms. The highest BCUT2D eigenvalue weighted by Gasteiger charge is 2.46. The molecule has 0 unspecified atom stereocenters. The molecule has 85 heavy (non-hydrogen) atoms. The summed E-state index contributed by atoms with van der Waals surface area (Å²) in [7, 11) is 0. The van der Waals surface area contributed by atoms with Gasteiger partial charge in [0.05, 0.1) is 16.7 Å². The van der Waals surface area contributed by atoms with Gasteiger partial charge in [-0.3, -0.25) is 0 Å². The first-order valence-corrected chi connectivity index (χ1v) is 31.0. The first-order chi connectivity index (χ1) is 41.8. The molecule has 0 atom stereocenters. The Balaban J connectivity index is 1.07. The van der Waals surface area contributed by atoms with Crippen molar-refractivity contribution in [1.82, 2.24) is 4.57 Å². The number of nitrogens with zero attached hydrogens (tertiary/aromatic N) is 3. The molecule has 3 nitrogen and oxygen atoms in total. The van der Waals surface area contributed by atoms with Crippen LogP contribution in [0.4, 0.5) is 34.1 Å². The Morgan fingerprint density at radius 3 is 1.55 bits per heavy atom. The number of unbranched alkanes of at least 4 members (excludes halogenated alkanes) is 1. The Morgan fingerprint density at radius 1 is 0.388 bits per heavy atom. The molecule has 0 fully saturated rings. The molecule has 0 amide bonds. The van der Waals surface area contributed by atoms with Crippen molar-refractivity contribution in [2.75, 3.05) is 9.80 Å². The molecule has 4 heterocycles. The summed E-state index contributed by atoms with van der Waals surface area (Å²) >= 11 is 1.92. The summed E-state index contributed by atoms with van der Waals surface area (Å²) in [4.78, 5) is 5.42. The highest BCUT2D eigenvalue weighted by molar-refractivity contribution is 7.25. The van der Waals surface area contributed by atoms with Crippen molar-refractivity contribution < 1.29 is 0 Å². The predicted octanol–water partition coefficient (Wildman–Crippen LogP) is 20.5. The van der Waals surface area contributed by atoms with E-state index in [-0.39, 0.29) is 12.1 Å². The number of aryl methyl sites for hydroxylation is 1. The molecule has 12 aromatic carbocycles. The van der Waals surface area contributed by atoms with E-state index in [1.54, 1.807) is 0 Å². The van der Waals surface area contributed by atoms with Gasteiger partial charge in [-0.15, -0.1) is 11.3 Å². The number of thiophene rings is 1. The minimum absolute atomic E-state index is 0.138. The first kappa shape index (κ1) is 51.0. The van der Waals surface area contributed by atoms with Crippen LogP contribution in [-0.2, 0) is 11.8 Å². The SMILES string of the molecule is CCCCc1cc2sc3ccccc3c2cc1N1c2cc(-n3c4ccccc4c4ccccc43)ccc2B2c3cc(-c4ccccc4)ccc3N(c3c(-c4ccccc4)cc(-c4ccccc4)cc3-c3ccccc3)c3cc(C(C)(C)C)cc1c32. The number of fused-ring (bicyclic) bond motifs is 10. The fraction of sp³-hybridized carbons (Fsp3) is 0.100. The minimum atomic E-state index is -0.235. The molecular formula is C80H62BN3S. The molecule has 2 aliphatic rings. The Morgan fingerprint density at radius 2 is 0.941 bits per heavy atom. The van der Waals surface area contributed by atoms with Crippen LogP contribution in [0.5, 0.6) is 0 Å². The Kier molecular flexibility index (Phi) is 12.2. The van der Waals surface area contributed by atoms with E-state index in [4.69, 9.17) is 0 Å². The van der Waals surface area contributed by atoms with E-state index >= 15 is 0 Å². The number of hydrogen-bond donors (Lipinski definition) is 0. The van der Waals surface area contributed by atoms with E-state index in [1.165, 1.54) is 142 Å². The molecule has 0 aliphatic carbocycles. The molecule has 0 radical (unpaired) electrons. The summed E-state index contributed by atoms with van der Waals surface area (Å²) in [6.45, 7) is 9.37. The van der Waals surface area contributed by atoms with Gasteiger partial charge in [0.15, 0.2) is 0 Å². The monoisotopic (exact) mass is 1110 g/mol. The van der Waals surface area contributed by atoms with Crippen LogP contribution in [-0.4, -0.2) is 11.3 Å². The van der Waals surface area contributed by atoms with Gasteiger partial charge in [0.2, 0.25) is 0 Å². The van der Waals surface area contributed by atoms with Gasteiger partial charge in [0, 0.05) is 76.2 Å². The second-order valence-corrected chi connectivity index (χ2v) is 25.3. The van der Waals surface area contributed by atoms with Gasteiger partial charge in [0.1, 0.15) is 0 Å². The van der Waals surface area contributed by atoms with E-state index in [1.807, 2.05) is 11.3 Å². The normalized spacial score (nSPS) is 12.8. The average Bonchev–Trinajstić information content (AvgIpc) is 1.33. The lowest BCUT2D eigenvalue weighted by molar-refractivity contribution is 0.590. The molecule has 0 saturated carbocycles. The van der Waals surface area contributed by atoms with E-state index < -0.39 is 0 Å². The molecule has 14 aromatic rings. The summed E-state index contributed by atoms with van der Waals surface area (Å²) in [6, 6.07) is 101. The highest BCUT2D eigenvalue weighted by atomic mass is 32.1. The standard InChI is InChI=1S/C80H62BN3S/c1-5-6-25-57-47-77-66(63-36-21-24-39-76(63)85-77)51-72(57)83-73-50-60(82-69-37-22-19-34-61(69)62-35-20-23-38-70(62)82)41-42-67(73)81-68-46-56(52-26-11-7-12-27-52)40-43-71(68)84(75-49-59(80(2,3)4)48-74(83)78(75)81)79-64(54-30-15-9-16-31-54)44-58(53-28-13-8-14-29-53)45-65(79)55-32-17-10-18-33-55/h7-24,26-51H,5-6,25H2,1-4H3. The average molecular weight is 1110 g/mol. The largest absolute Gasteiger partial charge is 0.311 e. The summed E-state index contributed by atoms with van der Waals surface area (Å²) in [5.74, 6) is 0. The zero-order valence-electron chi connectivity index (χ0n) is 48.4. The van der Waals surface area contributed by atoms with Crippen molar-refractivity contribution >= 4 is 111 Å². The van der Waals surface area contributed by atoms with Crippen LogP contribution in [0, 0.1) is 0 Å². The minimum Gasteiger partial charge on any atom is -0.311 e. The number of para-hydroxylation sites is 2. The maximum Gasteiger partial charge on any atom is 0.252 e. The van der Waals surface area contributed by atoms with Crippen LogP contribution in [0.3, 0.4) is 0 Å². The van der Waals surface area contributed by atoms with E-state index in [0.29, 0.717) is 0 Å². The van der Waals surface area contributed by atoms with Gasteiger partial charge in [0.25, 0.3) is 6.71 Å². The third-order valence-electron chi connectivity index (χ3n) is 18.1. The second kappa shape index (κ2) is 20.3. The van der Waals surface area contributed by atoms with Gasteiger partial charge in [-0.25, -0.2) is 0 Å². The lowest BCUT2D eigenvalue weighted by Crippen LogP contribution is -2.61. The van der Waals surface area contributed by atoms with Crippen LogP contribution in [0.2, 0.25) is 0 Å². The number of hydrogen-bond acceptors (Lipinski definition) is 3. The van der Waals surface area contributed by atoms with Crippen molar-refractivity contribution in [3.05, 3.63) is 278 Å². The number of benzene rings is 12. The second-order valence-electron chi connectivity index (χ2n) is 24.2. The third-order valence-corrected chi connectivity index (χ3v) is 19.2. The molecule has 2 aliphatic heterocycles. The van der Waals surface area contributed by atoms with Crippen molar-refractivity contribution in [1.29, 1.82) is 0 Å². The molecule has 2 aromatic heterocycles. The summed E-state index contributed by atoms with van der Waals surface area (Å²) < 4.78 is 5.16. The van der Waals surface area contributed by atoms with Crippen molar-refractivity contribution in [3.8, 4) is 50.2 Å². The molecule has 0 bridgehead atoms. The fourth-order valence-corrected chi connectivity index (χ4v) is 15.1. The van der Waals surface area contributed by atoms with Gasteiger partial charge >= 0.3 is 0 Å². The lowest BCUT2D eigenvalue weighted by atomic mass is 9.33. The predicted molar refractivity (Wildman–Crippen MR) is 367 cm³/mol. The maximum atomic E-state index is 2.73. The Labute approximate surface area is 502 Å². The molecule has 406 valence electrons. The lowest BCUT2D eigenvalue weighted by Gasteiger charge is -2.46. The van der Waals surface area contributed by atoms with E-state index in [9.17, 15) is 0 Å². The smallest absolute Gasteiger partial charge is 0.252 e. The van der Waals surface area contributed by atoms with Crippen molar-refractivity contribution in [2.45, 2.75) is 52.4 Å². The zero-order chi connectivity index (χ0) is 56.9. The van der Waals surface area contributed by atoms with E-state index in [0.717, 1.165) is 30.6 Å². The summed E-state index contributed by atoms with van der Waals surface area (Å²) in [5.41, 5.74) is 26.5. The molecule has 0 N–H and O–H groups in total. The van der Waals surface area contributed by atoms with Crippen LogP contribution < -0.4 is 26.2 Å². The third kappa shape index (κ3) is 8.39. The highest BCUT2D eigenvalue weighted by Crippen LogP contribution is 2.54. The zero-order valence-corrected chi connectivity index (χ0v) is 49.2. The fourth-order valence-electron chi connectivity index (χ4n) is 14.0. The van der Waals surface area contributed by atoms with Gasteiger partial charge in [-0.2, -0.15) is 0 Å². The van der Waals surface area contributed by atoms with Gasteiger partial charge in [-0.1, -0.05) is 228 Å². The quantitative estimate of drug-likeness (QED) is 0.126. The molecular weight excluding hydrogens is 1050 g/mol.